The number of hydrogen-bond donors (Lipinski definition) is 1. The van der Waals surface area contributed by atoms with Crippen molar-refractivity contribution in [3.05, 3.63) is 24.3 Å². The molecule has 25 heavy (non-hydrogen) atoms. The van der Waals surface area contributed by atoms with Crippen LogP contribution in [-0.2, 0) is 14.4 Å². The highest BCUT2D eigenvalue weighted by Gasteiger charge is 2.30. The lowest BCUT2D eigenvalue weighted by atomic mass is 10.1. The molecule has 0 aliphatic carbocycles. The minimum absolute atomic E-state index is 0. The number of carbonyl (C=O) groups is 3. The Morgan fingerprint density at radius 3 is 2.48 bits per heavy atom. The number of halogens is 1. The molecule has 1 N–H and O–H groups in total. The van der Waals surface area contributed by atoms with E-state index in [1.165, 1.54) is 4.90 Å². The predicted molar refractivity (Wildman–Crippen MR) is 93.1 cm³/mol. The number of likely N-dealkylation sites (tertiary alicyclic amines) is 1. The van der Waals surface area contributed by atoms with Gasteiger partial charge in [0.2, 0.25) is 5.91 Å². The molecule has 2 heterocycles. The number of carboxylic acids is 1. The Balaban J connectivity index is 0.00000225. The maximum absolute atomic E-state index is 12.1. The van der Waals surface area contributed by atoms with E-state index in [0.717, 1.165) is 18.7 Å². The van der Waals surface area contributed by atoms with Gasteiger partial charge in [-0.2, -0.15) is 0 Å². The largest absolute Gasteiger partial charge is 0.484 e. The van der Waals surface area contributed by atoms with Crippen molar-refractivity contribution in [2.45, 2.75) is 19.3 Å². The van der Waals surface area contributed by atoms with E-state index in [0.29, 0.717) is 25.1 Å². The van der Waals surface area contributed by atoms with Gasteiger partial charge in [-0.15, -0.1) is 12.4 Å². The first-order chi connectivity index (χ1) is 11.5. The molecule has 1 aromatic carbocycles. The highest BCUT2D eigenvalue weighted by atomic mass is 35.5. The standard InChI is InChI=1S/C17H20N2O5.ClH/c20-15-2-1-8-19(15)13-3-5-14(6-4-13)24-11-16(21)18-9-7-12(10-18)17(22)23;/h3-6,12H,1-2,7-11H2,(H,22,23);1H. The molecule has 0 aromatic heterocycles. The second-order valence-corrected chi connectivity index (χ2v) is 6.10. The lowest BCUT2D eigenvalue weighted by Gasteiger charge is -2.17. The van der Waals surface area contributed by atoms with Crippen LogP contribution in [0.5, 0.6) is 5.75 Å². The third-order valence-corrected chi connectivity index (χ3v) is 4.47. The van der Waals surface area contributed by atoms with E-state index in [1.807, 2.05) is 0 Å². The number of anilines is 1. The lowest BCUT2D eigenvalue weighted by molar-refractivity contribution is -0.141. The van der Waals surface area contributed by atoms with E-state index >= 15 is 0 Å². The highest BCUT2D eigenvalue weighted by molar-refractivity contribution is 5.95. The molecule has 0 bridgehead atoms. The molecular formula is C17H21ClN2O5. The molecule has 1 atom stereocenters. The molecule has 8 heteroatoms. The number of rotatable bonds is 5. The van der Waals surface area contributed by atoms with Crippen molar-refractivity contribution in [2.75, 3.05) is 31.1 Å². The fraction of sp³-hybridized carbons (Fsp3) is 0.471. The first-order valence-electron chi connectivity index (χ1n) is 8.08. The fourth-order valence-corrected chi connectivity index (χ4v) is 3.07. The van der Waals surface area contributed by atoms with Crippen LogP contribution < -0.4 is 9.64 Å². The number of hydrogen-bond acceptors (Lipinski definition) is 4. The minimum Gasteiger partial charge on any atom is -0.484 e. The van der Waals surface area contributed by atoms with Crippen LogP contribution in [0.25, 0.3) is 0 Å². The molecule has 1 aromatic rings. The second-order valence-electron chi connectivity index (χ2n) is 6.10. The van der Waals surface area contributed by atoms with E-state index in [1.54, 1.807) is 29.2 Å². The van der Waals surface area contributed by atoms with Gasteiger partial charge in [-0.1, -0.05) is 0 Å². The summed E-state index contributed by atoms with van der Waals surface area (Å²) in [5, 5.41) is 8.96. The number of carboxylic acid groups (broad SMARTS) is 1. The monoisotopic (exact) mass is 368 g/mol. The highest BCUT2D eigenvalue weighted by Crippen LogP contribution is 2.24. The maximum atomic E-state index is 12.1. The molecule has 2 aliphatic rings. The minimum atomic E-state index is -0.863. The SMILES string of the molecule is Cl.O=C(O)C1CCN(C(=O)COc2ccc(N3CCCC3=O)cc2)C1. The Morgan fingerprint density at radius 2 is 1.92 bits per heavy atom. The van der Waals surface area contributed by atoms with Crippen LogP contribution in [0.3, 0.4) is 0 Å². The summed E-state index contributed by atoms with van der Waals surface area (Å²) < 4.78 is 5.48. The molecule has 0 spiro atoms. The van der Waals surface area contributed by atoms with Crippen LogP contribution in [-0.4, -0.2) is 54.0 Å². The Kier molecular flexibility index (Phi) is 6.25. The van der Waals surface area contributed by atoms with Gasteiger partial charge >= 0.3 is 5.97 Å². The molecule has 7 nitrogen and oxygen atoms in total. The summed E-state index contributed by atoms with van der Waals surface area (Å²) in [6, 6.07) is 7.08. The number of nitrogens with zero attached hydrogens (tertiary/aromatic N) is 2. The van der Waals surface area contributed by atoms with Crippen molar-refractivity contribution in [1.29, 1.82) is 0 Å². The first kappa shape index (κ1) is 19.1. The fourth-order valence-electron chi connectivity index (χ4n) is 3.07. The zero-order chi connectivity index (χ0) is 17.1. The van der Waals surface area contributed by atoms with E-state index < -0.39 is 11.9 Å². The number of carbonyl (C=O) groups excluding carboxylic acids is 2. The van der Waals surface area contributed by atoms with E-state index in [9.17, 15) is 14.4 Å². The molecule has 136 valence electrons. The van der Waals surface area contributed by atoms with Gasteiger partial charge in [-0.05, 0) is 37.1 Å². The third kappa shape index (κ3) is 4.42. The normalized spacial score (nSPS) is 19.7. The number of benzene rings is 1. The summed E-state index contributed by atoms with van der Waals surface area (Å²) >= 11 is 0. The van der Waals surface area contributed by atoms with E-state index in [2.05, 4.69) is 0 Å². The van der Waals surface area contributed by atoms with Crippen molar-refractivity contribution in [3.8, 4) is 5.75 Å². The van der Waals surface area contributed by atoms with Crippen LogP contribution in [0.1, 0.15) is 19.3 Å². The molecule has 2 saturated heterocycles. The van der Waals surface area contributed by atoms with Gasteiger partial charge in [0.05, 0.1) is 5.92 Å². The Labute approximate surface area is 151 Å². The average molecular weight is 369 g/mol. The zero-order valence-electron chi connectivity index (χ0n) is 13.7. The summed E-state index contributed by atoms with van der Waals surface area (Å²) in [4.78, 5) is 37.9. The van der Waals surface area contributed by atoms with Crippen molar-refractivity contribution in [2.24, 2.45) is 5.92 Å². The van der Waals surface area contributed by atoms with Gasteiger partial charge in [-0.25, -0.2) is 0 Å². The molecule has 2 amide bonds. The molecular weight excluding hydrogens is 348 g/mol. The predicted octanol–water partition coefficient (Wildman–Crippen LogP) is 1.55. The lowest BCUT2D eigenvalue weighted by Crippen LogP contribution is -2.33. The quantitative estimate of drug-likeness (QED) is 0.852. The summed E-state index contributed by atoms with van der Waals surface area (Å²) in [6.45, 7) is 1.31. The van der Waals surface area contributed by atoms with E-state index in [-0.39, 0.29) is 37.4 Å². The van der Waals surface area contributed by atoms with Crippen molar-refractivity contribution in [3.63, 3.8) is 0 Å². The number of aliphatic carboxylic acids is 1. The van der Waals surface area contributed by atoms with Crippen LogP contribution in [0.2, 0.25) is 0 Å². The molecule has 0 saturated carbocycles. The van der Waals surface area contributed by atoms with Crippen LogP contribution >= 0.6 is 12.4 Å². The smallest absolute Gasteiger partial charge is 0.308 e. The molecule has 2 aliphatic heterocycles. The van der Waals surface area contributed by atoms with Crippen molar-refractivity contribution >= 4 is 35.9 Å². The van der Waals surface area contributed by atoms with Crippen molar-refractivity contribution < 1.29 is 24.2 Å². The summed E-state index contributed by atoms with van der Waals surface area (Å²) in [5.41, 5.74) is 0.833. The van der Waals surface area contributed by atoms with Gasteiger partial charge in [-0.3, -0.25) is 14.4 Å². The first-order valence-corrected chi connectivity index (χ1v) is 8.08. The summed E-state index contributed by atoms with van der Waals surface area (Å²) in [7, 11) is 0. The Hall–Kier alpha value is -2.28. The molecule has 1 unspecified atom stereocenters. The van der Waals surface area contributed by atoms with Crippen LogP contribution in [0, 0.1) is 5.92 Å². The Morgan fingerprint density at radius 1 is 1.20 bits per heavy atom. The topological polar surface area (TPSA) is 87.2 Å². The van der Waals surface area contributed by atoms with E-state index in [4.69, 9.17) is 9.84 Å². The van der Waals surface area contributed by atoms with Gasteiger partial charge in [0.15, 0.2) is 6.61 Å². The van der Waals surface area contributed by atoms with Gasteiger partial charge in [0.1, 0.15) is 5.75 Å². The maximum Gasteiger partial charge on any atom is 0.308 e. The average Bonchev–Trinajstić information content (AvgIpc) is 3.22. The van der Waals surface area contributed by atoms with Crippen LogP contribution in [0.15, 0.2) is 24.3 Å². The number of ether oxygens (including phenoxy) is 1. The summed E-state index contributed by atoms with van der Waals surface area (Å²) in [5.74, 6) is -0.879. The third-order valence-electron chi connectivity index (χ3n) is 4.47. The molecule has 2 fully saturated rings. The van der Waals surface area contributed by atoms with Crippen molar-refractivity contribution in [1.82, 2.24) is 4.90 Å². The zero-order valence-corrected chi connectivity index (χ0v) is 14.5. The van der Waals surface area contributed by atoms with Gasteiger partial charge in [0, 0.05) is 31.7 Å². The Bertz CT molecular complexity index is 649. The second kappa shape index (κ2) is 8.20. The molecule has 0 radical (unpaired) electrons. The van der Waals surface area contributed by atoms with Gasteiger partial charge < -0.3 is 19.6 Å². The van der Waals surface area contributed by atoms with Gasteiger partial charge in [0.25, 0.3) is 5.91 Å². The van der Waals surface area contributed by atoms with Crippen LogP contribution in [0.4, 0.5) is 5.69 Å². The number of amides is 2. The summed E-state index contributed by atoms with van der Waals surface area (Å²) in [6.07, 6.45) is 1.94. The molecule has 3 rings (SSSR count).